The second kappa shape index (κ2) is 5.40. The molecule has 0 amide bonds. The Hall–Kier alpha value is -1.03. The summed E-state index contributed by atoms with van der Waals surface area (Å²) in [6, 6.07) is 0.558. The SMILES string of the molecule is CCOC1CC(Nc2cn(C)nc2C)C12CCCCC2. The van der Waals surface area contributed by atoms with Crippen LogP contribution in [0.15, 0.2) is 6.20 Å². The predicted molar refractivity (Wildman–Crippen MR) is 80.9 cm³/mol. The van der Waals surface area contributed by atoms with Gasteiger partial charge < -0.3 is 10.1 Å². The minimum atomic E-state index is 0.372. The summed E-state index contributed by atoms with van der Waals surface area (Å²) in [5.74, 6) is 0. The number of nitrogens with zero attached hydrogens (tertiary/aromatic N) is 2. The van der Waals surface area contributed by atoms with Crippen LogP contribution >= 0.6 is 0 Å². The van der Waals surface area contributed by atoms with Gasteiger partial charge in [0.2, 0.25) is 0 Å². The van der Waals surface area contributed by atoms with E-state index in [0.29, 0.717) is 17.6 Å². The standard InChI is InChI=1S/C16H27N3O/c1-4-20-15-10-14(16(15)8-6-5-7-9-16)17-13-11-19(3)18-12(13)2/h11,14-15,17H,4-10H2,1-3H3. The maximum atomic E-state index is 6.01. The van der Waals surface area contributed by atoms with E-state index in [9.17, 15) is 0 Å². The summed E-state index contributed by atoms with van der Waals surface area (Å²) >= 11 is 0. The summed E-state index contributed by atoms with van der Waals surface area (Å²) in [7, 11) is 1.98. The fourth-order valence-corrected chi connectivity index (χ4v) is 4.19. The Balaban J connectivity index is 1.74. The molecule has 4 nitrogen and oxygen atoms in total. The fraction of sp³-hybridized carbons (Fsp3) is 0.812. The average Bonchev–Trinajstić information content (AvgIpc) is 2.77. The lowest BCUT2D eigenvalue weighted by Crippen LogP contribution is -2.62. The molecule has 2 unspecified atom stereocenters. The van der Waals surface area contributed by atoms with Crippen molar-refractivity contribution in [1.29, 1.82) is 0 Å². The van der Waals surface area contributed by atoms with Crippen LogP contribution < -0.4 is 5.32 Å². The molecule has 2 fully saturated rings. The second-order valence-electron chi connectivity index (χ2n) is 6.47. The van der Waals surface area contributed by atoms with Gasteiger partial charge in [-0.05, 0) is 33.1 Å². The molecule has 1 aromatic heterocycles. The third-order valence-electron chi connectivity index (χ3n) is 5.28. The van der Waals surface area contributed by atoms with Crippen molar-refractivity contribution in [1.82, 2.24) is 9.78 Å². The van der Waals surface area contributed by atoms with Crippen molar-refractivity contribution in [2.75, 3.05) is 11.9 Å². The zero-order valence-corrected chi connectivity index (χ0v) is 13.0. The van der Waals surface area contributed by atoms with E-state index >= 15 is 0 Å². The minimum Gasteiger partial charge on any atom is -0.379 e. The molecular formula is C16H27N3O. The maximum absolute atomic E-state index is 6.01. The van der Waals surface area contributed by atoms with Crippen molar-refractivity contribution >= 4 is 5.69 Å². The van der Waals surface area contributed by atoms with Gasteiger partial charge in [0.25, 0.3) is 0 Å². The Bertz CT molecular complexity index is 462. The number of aryl methyl sites for hydroxylation is 2. The molecule has 112 valence electrons. The molecule has 0 aliphatic heterocycles. The summed E-state index contributed by atoms with van der Waals surface area (Å²) < 4.78 is 7.91. The first kappa shape index (κ1) is 13.9. The highest BCUT2D eigenvalue weighted by Crippen LogP contribution is 2.54. The van der Waals surface area contributed by atoms with Gasteiger partial charge in [-0.25, -0.2) is 0 Å². The van der Waals surface area contributed by atoms with Crippen LogP contribution in [0.25, 0.3) is 0 Å². The highest BCUT2D eigenvalue weighted by Gasteiger charge is 2.55. The first-order valence-electron chi connectivity index (χ1n) is 8.04. The van der Waals surface area contributed by atoms with Crippen molar-refractivity contribution < 1.29 is 4.74 Å². The van der Waals surface area contributed by atoms with E-state index < -0.39 is 0 Å². The molecule has 2 aliphatic rings. The van der Waals surface area contributed by atoms with Crippen molar-refractivity contribution in [3.05, 3.63) is 11.9 Å². The van der Waals surface area contributed by atoms with Gasteiger partial charge in [0.1, 0.15) is 0 Å². The topological polar surface area (TPSA) is 39.1 Å². The molecule has 0 saturated heterocycles. The molecule has 0 aromatic carbocycles. The number of hydrogen-bond acceptors (Lipinski definition) is 3. The molecule has 1 aromatic rings. The van der Waals surface area contributed by atoms with E-state index in [1.807, 2.05) is 11.7 Å². The molecule has 20 heavy (non-hydrogen) atoms. The minimum absolute atomic E-state index is 0.372. The Labute approximate surface area is 121 Å². The van der Waals surface area contributed by atoms with Crippen LogP contribution in [0, 0.1) is 12.3 Å². The van der Waals surface area contributed by atoms with Crippen LogP contribution in [0.4, 0.5) is 5.69 Å². The quantitative estimate of drug-likeness (QED) is 0.918. The summed E-state index contributed by atoms with van der Waals surface area (Å²) in [6.45, 7) is 5.03. The van der Waals surface area contributed by atoms with Crippen LogP contribution in [0.2, 0.25) is 0 Å². The summed E-state index contributed by atoms with van der Waals surface area (Å²) in [5.41, 5.74) is 2.66. The van der Waals surface area contributed by atoms with Gasteiger partial charge >= 0.3 is 0 Å². The number of ether oxygens (including phenoxy) is 1. The highest BCUT2D eigenvalue weighted by molar-refractivity contribution is 5.48. The number of aromatic nitrogens is 2. The zero-order chi connectivity index (χ0) is 14.2. The first-order chi connectivity index (χ1) is 9.65. The van der Waals surface area contributed by atoms with Gasteiger partial charge in [-0.2, -0.15) is 5.10 Å². The monoisotopic (exact) mass is 277 g/mol. The Kier molecular flexibility index (Phi) is 3.76. The van der Waals surface area contributed by atoms with E-state index in [0.717, 1.165) is 18.7 Å². The van der Waals surface area contributed by atoms with Gasteiger partial charge in [0.15, 0.2) is 0 Å². The molecule has 1 N–H and O–H groups in total. The summed E-state index contributed by atoms with van der Waals surface area (Å²) in [5, 5.41) is 8.19. The van der Waals surface area contributed by atoms with Gasteiger partial charge in [0.05, 0.1) is 17.5 Å². The molecule has 2 aliphatic carbocycles. The smallest absolute Gasteiger partial charge is 0.0825 e. The van der Waals surface area contributed by atoms with Gasteiger partial charge in [-0.1, -0.05) is 19.3 Å². The van der Waals surface area contributed by atoms with Crippen LogP contribution in [0.3, 0.4) is 0 Å². The molecule has 0 bridgehead atoms. The van der Waals surface area contributed by atoms with E-state index in [1.165, 1.54) is 37.8 Å². The molecule has 0 radical (unpaired) electrons. The van der Waals surface area contributed by atoms with Crippen LogP contribution in [-0.4, -0.2) is 28.5 Å². The fourth-order valence-electron chi connectivity index (χ4n) is 4.19. The lowest BCUT2D eigenvalue weighted by molar-refractivity contribution is -0.134. The Morgan fingerprint density at radius 2 is 2.15 bits per heavy atom. The van der Waals surface area contributed by atoms with E-state index in [-0.39, 0.29) is 0 Å². The lowest BCUT2D eigenvalue weighted by atomic mass is 9.55. The summed E-state index contributed by atoms with van der Waals surface area (Å²) in [4.78, 5) is 0. The van der Waals surface area contributed by atoms with Crippen LogP contribution in [-0.2, 0) is 11.8 Å². The number of hydrogen-bond donors (Lipinski definition) is 1. The van der Waals surface area contributed by atoms with Crippen molar-refractivity contribution in [3.63, 3.8) is 0 Å². The van der Waals surface area contributed by atoms with Gasteiger partial charge in [-0.3, -0.25) is 4.68 Å². The van der Waals surface area contributed by atoms with Crippen molar-refractivity contribution in [2.24, 2.45) is 12.5 Å². The maximum Gasteiger partial charge on any atom is 0.0825 e. The molecular weight excluding hydrogens is 250 g/mol. The zero-order valence-electron chi connectivity index (χ0n) is 13.0. The van der Waals surface area contributed by atoms with Crippen LogP contribution in [0.5, 0.6) is 0 Å². The van der Waals surface area contributed by atoms with E-state index in [1.54, 1.807) is 0 Å². The molecule has 1 heterocycles. The molecule has 1 spiro atoms. The largest absolute Gasteiger partial charge is 0.379 e. The third-order valence-corrected chi connectivity index (χ3v) is 5.28. The van der Waals surface area contributed by atoms with Gasteiger partial charge in [0, 0.05) is 31.3 Å². The lowest BCUT2D eigenvalue weighted by Gasteiger charge is -2.58. The second-order valence-corrected chi connectivity index (χ2v) is 6.47. The highest BCUT2D eigenvalue weighted by atomic mass is 16.5. The first-order valence-corrected chi connectivity index (χ1v) is 8.04. The predicted octanol–water partition coefficient (Wildman–Crippen LogP) is 3.27. The third kappa shape index (κ3) is 2.24. The Morgan fingerprint density at radius 1 is 1.40 bits per heavy atom. The van der Waals surface area contributed by atoms with Crippen molar-refractivity contribution in [2.45, 2.75) is 64.5 Å². The number of nitrogens with one attached hydrogen (secondary N) is 1. The molecule has 2 atom stereocenters. The number of anilines is 1. The number of rotatable bonds is 4. The van der Waals surface area contributed by atoms with Crippen molar-refractivity contribution in [3.8, 4) is 0 Å². The Morgan fingerprint density at radius 3 is 2.75 bits per heavy atom. The summed E-state index contributed by atoms with van der Waals surface area (Å²) in [6.07, 6.45) is 10.4. The van der Waals surface area contributed by atoms with Crippen LogP contribution in [0.1, 0.15) is 51.1 Å². The van der Waals surface area contributed by atoms with E-state index in [2.05, 4.69) is 30.5 Å². The molecule has 2 saturated carbocycles. The molecule has 4 heteroatoms. The normalized spacial score (nSPS) is 28.4. The molecule has 3 rings (SSSR count). The van der Waals surface area contributed by atoms with Gasteiger partial charge in [-0.15, -0.1) is 0 Å². The van der Waals surface area contributed by atoms with E-state index in [4.69, 9.17) is 4.74 Å². The average molecular weight is 277 g/mol.